The molecular formula is C17H33N3. The molecule has 20 heavy (non-hydrogen) atoms. The van der Waals surface area contributed by atoms with Gasteiger partial charge in [-0.15, -0.1) is 0 Å². The third kappa shape index (κ3) is 5.42. The highest BCUT2D eigenvalue weighted by Crippen LogP contribution is 2.25. The molecular weight excluding hydrogens is 246 g/mol. The lowest BCUT2D eigenvalue weighted by atomic mass is 9.94. The topological polar surface area (TPSA) is 39.1 Å². The average Bonchev–Trinajstić information content (AvgIpc) is 2.65. The number of nitrogens with zero attached hydrogens (tertiary/aromatic N) is 2. The summed E-state index contributed by atoms with van der Waals surface area (Å²) in [4.78, 5) is 2.60. The minimum Gasteiger partial charge on any atom is -0.301 e. The highest BCUT2D eigenvalue weighted by molar-refractivity contribution is 5.05. The number of nitrogens with one attached hydrogen (secondary N) is 1. The van der Waals surface area contributed by atoms with Gasteiger partial charge in [-0.3, -0.25) is 5.32 Å². The van der Waals surface area contributed by atoms with E-state index in [1.807, 2.05) is 6.92 Å². The molecule has 3 heteroatoms. The van der Waals surface area contributed by atoms with Gasteiger partial charge in [0, 0.05) is 6.04 Å². The summed E-state index contributed by atoms with van der Waals surface area (Å²) in [6.07, 6.45) is 7.65. The van der Waals surface area contributed by atoms with Crippen LogP contribution in [0.4, 0.5) is 0 Å². The van der Waals surface area contributed by atoms with Gasteiger partial charge < -0.3 is 4.90 Å². The first-order chi connectivity index (χ1) is 9.54. The first-order valence-corrected chi connectivity index (χ1v) is 8.45. The van der Waals surface area contributed by atoms with Crippen molar-refractivity contribution in [1.82, 2.24) is 10.2 Å². The van der Waals surface area contributed by atoms with E-state index in [4.69, 9.17) is 0 Å². The lowest BCUT2D eigenvalue weighted by Gasteiger charge is -2.33. The molecule has 0 saturated carbocycles. The lowest BCUT2D eigenvalue weighted by Crippen LogP contribution is -2.47. The highest BCUT2D eigenvalue weighted by atomic mass is 15.2. The Balaban J connectivity index is 2.51. The van der Waals surface area contributed by atoms with Crippen LogP contribution in [0.5, 0.6) is 0 Å². The Labute approximate surface area is 125 Å². The Kier molecular flexibility index (Phi) is 7.55. The van der Waals surface area contributed by atoms with Crippen LogP contribution in [0.2, 0.25) is 0 Å². The van der Waals surface area contributed by atoms with E-state index >= 15 is 0 Å². The van der Waals surface area contributed by atoms with E-state index < -0.39 is 0 Å². The number of rotatable bonds is 7. The zero-order chi connectivity index (χ0) is 15.0. The van der Waals surface area contributed by atoms with Gasteiger partial charge in [0.05, 0.1) is 6.07 Å². The van der Waals surface area contributed by atoms with Crippen LogP contribution in [-0.4, -0.2) is 36.1 Å². The fraction of sp³-hybridized carbons (Fsp3) is 0.941. The average molecular weight is 279 g/mol. The molecule has 1 fully saturated rings. The number of nitriles is 1. The molecule has 1 aliphatic heterocycles. The van der Waals surface area contributed by atoms with Crippen LogP contribution in [0, 0.1) is 17.2 Å². The van der Waals surface area contributed by atoms with Gasteiger partial charge >= 0.3 is 0 Å². The molecule has 1 N–H and O–H groups in total. The highest BCUT2D eigenvalue weighted by Gasteiger charge is 2.29. The fourth-order valence-corrected chi connectivity index (χ4v) is 3.59. The first kappa shape index (κ1) is 17.5. The third-order valence-electron chi connectivity index (χ3n) is 4.72. The largest absolute Gasteiger partial charge is 0.301 e. The molecule has 0 amide bonds. The van der Waals surface area contributed by atoms with Crippen molar-refractivity contribution in [3.63, 3.8) is 0 Å². The van der Waals surface area contributed by atoms with Crippen LogP contribution in [0.25, 0.3) is 0 Å². The smallest absolute Gasteiger partial charge is 0.105 e. The maximum atomic E-state index is 9.40. The van der Waals surface area contributed by atoms with Crippen molar-refractivity contribution in [1.29, 1.82) is 5.26 Å². The Morgan fingerprint density at radius 1 is 1.35 bits per heavy atom. The van der Waals surface area contributed by atoms with E-state index in [0.29, 0.717) is 6.04 Å². The Morgan fingerprint density at radius 2 is 2.10 bits per heavy atom. The molecule has 3 nitrogen and oxygen atoms in total. The number of hydrogen-bond donors (Lipinski definition) is 1. The van der Waals surface area contributed by atoms with Crippen molar-refractivity contribution in [2.75, 3.05) is 19.6 Å². The van der Waals surface area contributed by atoms with Crippen LogP contribution in [0.15, 0.2) is 0 Å². The molecule has 0 bridgehead atoms. The van der Waals surface area contributed by atoms with E-state index in [1.54, 1.807) is 0 Å². The maximum Gasteiger partial charge on any atom is 0.105 e. The minimum absolute atomic E-state index is 0.386. The summed E-state index contributed by atoms with van der Waals surface area (Å²) < 4.78 is 0. The molecule has 3 atom stereocenters. The third-order valence-corrected chi connectivity index (χ3v) is 4.72. The second-order valence-corrected chi connectivity index (χ2v) is 6.65. The maximum absolute atomic E-state index is 9.40. The molecule has 116 valence electrons. The summed E-state index contributed by atoms with van der Waals surface area (Å²) in [5.41, 5.74) is -0.386. The number of hydrogen-bond acceptors (Lipinski definition) is 3. The quantitative estimate of drug-likeness (QED) is 0.774. The van der Waals surface area contributed by atoms with Gasteiger partial charge in [-0.25, -0.2) is 0 Å². The van der Waals surface area contributed by atoms with Crippen LogP contribution < -0.4 is 5.32 Å². The Morgan fingerprint density at radius 3 is 2.70 bits per heavy atom. The second-order valence-electron chi connectivity index (χ2n) is 6.65. The Hall–Kier alpha value is -0.590. The fourth-order valence-electron chi connectivity index (χ4n) is 3.59. The van der Waals surface area contributed by atoms with Gasteiger partial charge in [0.15, 0.2) is 0 Å². The van der Waals surface area contributed by atoms with Crippen molar-refractivity contribution in [3.05, 3.63) is 0 Å². The molecule has 1 aliphatic rings. The summed E-state index contributed by atoms with van der Waals surface area (Å²) >= 11 is 0. The summed E-state index contributed by atoms with van der Waals surface area (Å²) in [5.74, 6) is 0.924. The predicted molar refractivity (Wildman–Crippen MR) is 85.6 cm³/mol. The summed E-state index contributed by atoms with van der Waals surface area (Å²) in [6.45, 7) is 11.9. The van der Waals surface area contributed by atoms with Gasteiger partial charge in [0.25, 0.3) is 0 Å². The number of likely N-dealkylation sites (tertiary alicyclic amines) is 1. The van der Waals surface area contributed by atoms with E-state index in [-0.39, 0.29) is 5.54 Å². The van der Waals surface area contributed by atoms with Crippen molar-refractivity contribution in [3.8, 4) is 6.07 Å². The van der Waals surface area contributed by atoms with E-state index in [9.17, 15) is 5.26 Å². The molecule has 3 unspecified atom stereocenters. The molecule has 1 saturated heterocycles. The van der Waals surface area contributed by atoms with Crippen LogP contribution in [0.1, 0.15) is 66.2 Å². The van der Waals surface area contributed by atoms with E-state index in [2.05, 4.69) is 37.1 Å². The van der Waals surface area contributed by atoms with E-state index in [0.717, 1.165) is 18.9 Å². The normalized spacial score (nSPS) is 25.4. The molecule has 1 rings (SSSR count). The zero-order valence-electron chi connectivity index (χ0n) is 13.9. The van der Waals surface area contributed by atoms with Crippen molar-refractivity contribution in [2.45, 2.75) is 77.8 Å². The van der Waals surface area contributed by atoms with Gasteiger partial charge in [-0.05, 0) is 65.1 Å². The summed E-state index contributed by atoms with van der Waals surface area (Å²) in [6, 6.07) is 2.94. The van der Waals surface area contributed by atoms with Gasteiger partial charge in [0.2, 0.25) is 0 Å². The van der Waals surface area contributed by atoms with Gasteiger partial charge in [-0.1, -0.05) is 26.7 Å². The summed E-state index contributed by atoms with van der Waals surface area (Å²) in [5, 5.41) is 12.7. The standard InChI is InChI=1S/C17H33N3/c1-5-8-16-9-7-11-20(12-10-16)15(3)13-17(4,14-18)19-6-2/h15-16,19H,5-13H2,1-4H3. The molecule has 0 aromatic carbocycles. The SMILES string of the molecule is CCCC1CCCN(C(C)CC(C)(C#N)NCC)CC1. The molecule has 0 spiro atoms. The molecule has 1 heterocycles. The van der Waals surface area contributed by atoms with E-state index in [1.165, 1.54) is 45.2 Å². The van der Waals surface area contributed by atoms with Crippen molar-refractivity contribution < 1.29 is 0 Å². The minimum atomic E-state index is -0.386. The second kappa shape index (κ2) is 8.64. The van der Waals surface area contributed by atoms with Crippen molar-refractivity contribution in [2.24, 2.45) is 5.92 Å². The summed E-state index contributed by atoms with van der Waals surface area (Å²) in [7, 11) is 0. The van der Waals surface area contributed by atoms with Crippen LogP contribution in [-0.2, 0) is 0 Å². The molecule has 0 aliphatic carbocycles. The lowest BCUT2D eigenvalue weighted by molar-refractivity contribution is 0.180. The first-order valence-electron chi connectivity index (χ1n) is 8.45. The Bertz CT molecular complexity index is 310. The van der Waals surface area contributed by atoms with Crippen LogP contribution >= 0.6 is 0 Å². The monoisotopic (exact) mass is 279 g/mol. The van der Waals surface area contributed by atoms with Crippen LogP contribution in [0.3, 0.4) is 0 Å². The predicted octanol–water partition coefficient (Wildman–Crippen LogP) is 3.56. The van der Waals surface area contributed by atoms with Gasteiger partial charge in [0.1, 0.15) is 5.54 Å². The van der Waals surface area contributed by atoms with Gasteiger partial charge in [-0.2, -0.15) is 5.26 Å². The van der Waals surface area contributed by atoms with Crippen molar-refractivity contribution >= 4 is 0 Å². The molecule has 0 aromatic heterocycles. The molecule has 0 radical (unpaired) electrons. The zero-order valence-corrected chi connectivity index (χ0v) is 13.9. The molecule has 0 aromatic rings.